The number of carbonyl (C=O) groups is 3. The molecule has 0 aromatic heterocycles. The molecule has 1 atom stereocenters. The van der Waals surface area contributed by atoms with E-state index in [-0.39, 0.29) is 19.0 Å². The Kier molecular flexibility index (Phi) is 6.23. The Balaban J connectivity index is 1.75. The van der Waals surface area contributed by atoms with E-state index in [1.165, 1.54) is 0 Å². The Morgan fingerprint density at radius 3 is 2.41 bits per heavy atom. The van der Waals surface area contributed by atoms with Crippen molar-refractivity contribution < 1.29 is 14.4 Å². The topological polar surface area (TPSA) is 78.5 Å². The fraction of sp³-hybridized carbons (Fsp3) is 0.318. The lowest BCUT2D eigenvalue weighted by molar-refractivity contribution is -0.135. The van der Waals surface area contributed by atoms with Gasteiger partial charge in [-0.05, 0) is 29.5 Å². The van der Waals surface area contributed by atoms with Crippen molar-refractivity contribution in [2.45, 2.75) is 32.4 Å². The van der Waals surface area contributed by atoms with Crippen LogP contribution in [0.5, 0.6) is 0 Å². The summed E-state index contributed by atoms with van der Waals surface area (Å²) in [5, 5.41) is 6.10. The Morgan fingerprint density at radius 1 is 1.10 bits per heavy atom. The zero-order valence-electron chi connectivity index (χ0n) is 16.4. The summed E-state index contributed by atoms with van der Waals surface area (Å²) >= 11 is 6.10. The van der Waals surface area contributed by atoms with Crippen molar-refractivity contribution in [3.8, 4) is 0 Å². The fourth-order valence-corrected chi connectivity index (χ4v) is 3.79. The van der Waals surface area contributed by atoms with Gasteiger partial charge in [-0.2, -0.15) is 0 Å². The van der Waals surface area contributed by atoms with Gasteiger partial charge in [-0.15, -0.1) is 0 Å². The monoisotopic (exact) mass is 413 g/mol. The van der Waals surface area contributed by atoms with Crippen LogP contribution in [0, 0.1) is 5.92 Å². The molecule has 1 unspecified atom stereocenters. The van der Waals surface area contributed by atoms with Crippen molar-refractivity contribution in [2.75, 3.05) is 6.54 Å². The maximum atomic E-state index is 13.3. The molecule has 3 rings (SSSR count). The summed E-state index contributed by atoms with van der Waals surface area (Å²) in [6.07, 6.45) is 0.444. The molecule has 0 saturated carbocycles. The first-order valence-electron chi connectivity index (χ1n) is 9.53. The van der Waals surface area contributed by atoms with Crippen LogP contribution in [0.1, 0.15) is 31.4 Å². The molecular formula is C22H24ClN3O3. The molecule has 1 fully saturated rings. The molecule has 1 saturated heterocycles. The number of imide groups is 1. The number of hydrogen-bond acceptors (Lipinski definition) is 3. The van der Waals surface area contributed by atoms with Gasteiger partial charge in [0, 0.05) is 11.6 Å². The van der Waals surface area contributed by atoms with Gasteiger partial charge >= 0.3 is 6.03 Å². The smallest absolute Gasteiger partial charge is 0.325 e. The standard InChI is InChI=1S/C22H24ClN3O3/c1-15(2)12-22(17-9-4-3-5-10-17)20(28)26(21(29)25-22)14-19(27)24-13-16-8-6-7-11-18(16)23/h3-11,15H,12-14H2,1-2H3,(H,24,27)(H,25,29). The van der Waals surface area contributed by atoms with Gasteiger partial charge in [-0.25, -0.2) is 4.79 Å². The lowest BCUT2D eigenvalue weighted by Gasteiger charge is -2.29. The quantitative estimate of drug-likeness (QED) is 0.682. The number of carbonyl (C=O) groups excluding carboxylic acids is 3. The fourth-order valence-electron chi connectivity index (χ4n) is 3.59. The highest BCUT2D eigenvalue weighted by atomic mass is 35.5. The van der Waals surface area contributed by atoms with Crippen LogP contribution >= 0.6 is 11.6 Å². The molecule has 2 aromatic carbocycles. The molecule has 1 aliphatic rings. The van der Waals surface area contributed by atoms with E-state index in [4.69, 9.17) is 11.6 Å². The lowest BCUT2D eigenvalue weighted by Crippen LogP contribution is -2.46. The number of nitrogens with zero attached hydrogens (tertiary/aromatic N) is 1. The maximum Gasteiger partial charge on any atom is 0.325 e. The minimum Gasteiger partial charge on any atom is -0.350 e. The highest BCUT2D eigenvalue weighted by Crippen LogP contribution is 2.35. The lowest BCUT2D eigenvalue weighted by atomic mass is 9.82. The molecule has 152 valence electrons. The van der Waals surface area contributed by atoms with E-state index in [0.717, 1.165) is 10.5 Å². The Bertz CT molecular complexity index is 917. The molecule has 4 amide bonds. The molecule has 0 spiro atoms. The summed E-state index contributed by atoms with van der Waals surface area (Å²) in [5.74, 6) is -0.675. The van der Waals surface area contributed by atoms with Crippen molar-refractivity contribution in [3.63, 3.8) is 0 Å². The van der Waals surface area contributed by atoms with Crippen LogP contribution in [0.4, 0.5) is 4.79 Å². The molecule has 0 aliphatic carbocycles. The third kappa shape index (κ3) is 4.43. The van der Waals surface area contributed by atoms with E-state index in [0.29, 0.717) is 17.0 Å². The molecule has 1 aliphatic heterocycles. The molecule has 0 radical (unpaired) electrons. The molecule has 29 heavy (non-hydrogen) atoms. The predicted molar refractivity (Wildman–Crippen MR) is 111 cm³/mol. The molecule has 7 heteroatoms. The van der Waals surface area contributed by atoms with Crippen LogP contribution in [0.3, 0.4) is 0 Å². The minimum absolute atomic E-state index is 0.161. The normalized spacial score (nSPS) is 18.8. The van der Waals surface area contributed by atoms with E-state index < -0.39 is 23.4 Å². The Morgan fingerprint density at radius 2 is 1.76 bits per heavy atom. The number of hydrogen-bond donors (Lipinski definition) is 2. The second kappa shape index (κ2) is 8.66. The Labute approximate surface area is 175 Å². The molecule has 6 nitrogen and oxygen atoms in total. The predicted octanol–water partition coefficient (Wildman–Crippen LogP) is 3.45. The number of rotatable bonds is 7. The number of amides is 4. The maximum absolute atomic E-state index is 13.3. The third-order valence-electron chi connectivity index (χ3n) is 4.89. The first kappa shape index (κ1) is 20.9. The first-order valence-corrected chi connectivity index (χ1v) is 9.91. The second-order valence-corrected chi connectivity index (χ2v) is 7.97. The summed E-state index contributed by atoms with van der Waals surface area (Å²) in [6.45, 7) is 3.85. The van der Waals surface area contributed by atoms with Gasteiger partial charge in [0.15, 0.2) is 0 Å². The summed E-state index contributed by atoms with van der Waals surface area (Å²) in [4.78, 5) is 39.3. The summed E-state index contributed by atoms with van der Waals surface area (Å²) in [7, 11) is 0. The van der Waals surface area contributed by atoms with Crippen molar-refractivity contribution in [2.24, 2.45) is 5.92 Å². The van der Waals surface area contributed by atoms with Crippen molar-refractivity contribution in [1.29, 1.82) is 0 Å². The second-order valence-electron chi connectivity index (χ2n) is 7.56. The van der Waals surface area contributed by atoms with Gasteiger partial charge in [-0.3, -0.25) is 14.5 Å². The van der Waals surface area contributed by atoms with Gasteiger partial charge in [-0.1, -0.05) is 74.0 Å². The summed E-state index contributed by atoms with van der Waals surface area (Å²) < 4.78 is 0. The van der Waals surface area contributed by atoms with E-state index in [1.54, 1.807) is 18.2 Å². The van der Waals surface area contributed by atoms with E-state index in [9.17, 15) is 14.4 Å². The van der Waals surface area contributed by atoms with Crippen LogP contribution in [-0.4, -0.2) is 29.3 Å². The molecular weight excluding hydrogens is 390 g/mol. The Hall–Kier alpha value is -2.86. The number of urea groups is 1. The molecule has 2 aromatic rings. The molecule has 0 bridgehead atoms. The largest absolute Gasteiger partial charge is 0.350 e. The number of nitrogens with one attached hydrogen (secondary N) is 2. The molecule has 1 heterocycles. The van der Waals surface area contributed by atoms with Crippen molar-refractivity contribution >= 4 is 29.4 Å². The third-order valence-corrected chi connectivity index (χ3v) is 5.26. The van der Waals surface area contributed by atoms with Crippen LogP contribution in [-0.2, 0) is 21.7 Å². The average Bonchev–Trinajstić information content (AvgIpc) is 2.92. The van der Waals surface area contributed by atoms with Crippen LogP contribution in [0.2, 0.25) is 5.02 Å². The van der Waals surface area contributed by atoms with Crippen molar-refractivity contribution in [1.82, 2.24) is 15.5 Å². The van der Waals surface area contributed by atoms with Gasteiger partial charge in [0.25, 0.3) is 5.91 Å². The van der Waals surface area contributed by atoms with Crippen LogP contribution in [0.15, 0.2) is 54.6 Å². The van der Waals surface area contributed by atoms with Gasteiger partial charge < -0.3 is 10.6 Å². The number of benzene rings is 2. The highest BCUT2D eigenvalue weighted by Gasteiger charge is 2.52. The number of halogens is 1. The van der Waals surface area contributed by atoms with E-state index in [2.05, 4.69) is 10.6 Å². The van der Waals surface area contributed by atoms with Gasteiger partial charge in [0.1, 0.15) is 12.1 Å². The van der Waals surface area contributed by atoms with Gasteiger partial charge in [0.2, 0.25) is 5.91 Å². The average molecular weight is 414 g/mol. The van der Waals surface area contributed by atoms with Gasteiger partial charge in [0.05, 0.1) is 0 Å². The first-order chi connectivity index (χ1) is 13.8. The summed E-state index contributed by atoms with van der Waals surface area (Å²) in [6, 6.07) is 15.8. The van der Waals surface area contributed by atoms with Crippen molar-refractivity contribution in [3.05, 3.63) is 70.7 Å². The summed E-state index contributed by atoms with van der Waals surface area (Å²) in [5.41, 5.74) is 0.319. The van der Waals surface area contributed by atoms with Crippen LogP contribution < -0.4 is 10.6 Å². The zero-order valence-corrected chi connectivity index (χ0v) is 17.2. The minimum atomic E-state index is -1.16. The molecule has 2 N–H and O–H groups in total. The van der Waals surface area contributed by atoms with E-state index in [1.807, 2.05) is 50.2 Å². The van der Waals surface area contributed by atoms with E-state index >= 15 is 0 Å². The highest BCUT2D eigenvalue weighted by molar-refractivity contribution is 6.31. The zero-order chi connectivity index (χ0) is 21.0. The van der Waals surface area contributed by atoms with Crippen LogP contribution in [0.25, 0.3) is 0 Å². The SMILES string of the molecule is CC(C)CC1(c2ccccc2)NC(=O)N(CC(=O)NCc2ccccc2Cl)C1=O.